The average molecular weight is 236 g/mol. The third kappa shape index (κ3) is 3.96. The van der Waals surface area contributed by atoms with E-state index in [4.69, 9.17) is 0 Å². The van der Waals surface area contributed by atoms with E-state index in [0.717, 1.165) is 6.42 Å². The van der Waals surface area contributed by atoms with Crippen LogP contribution in [0.2, 0.25) is 0 Å². The summed E-state index contributed by atoms with van der Waals surface area (Å²) in [4.78, 5) is 1.46. The lowest BCUT2D eigenvalue weighted by atomic mass is 10.5. The van der Waals surface area contributed by atoms with Gasteiger partial charge in [0, 0.05) is 10.2 Å². The van der Waals surface area contributed by atoms with E-state index in [1.165, 1.54) is 22.8 Å². The fraction of sp³-hybridized carbons (Fsp3) is 0.385. The third-order valence-corrected chi connectivity index (χ3v) is 4.67. The molecule has 0 aliphatic heterocycles. The summed E-state index contributed by atoms with van der Waals surface area (Å²) in [5.74, 6) is 2.52. The van der Waals surface area contributed by atoms with Gasteiger partial charge in [-0.05, 0) is 24.3 Å². The molecule has 0 aromatic carbocycles. The van der Waals surface area contributed by atoms with E-state index >= 15 is 0 Å². The molecule has 80 valence electrons. The Labute approximate surface area is 101 Å². The summed E-state index contributed by atoms with van der Waals surface area (Å²) in [6.07, 6.45) is 18.0. The second kappa shape index (κ2) is 6.29. The van der Waals surface area contributed by atoms with E-state index in [1.54, 1.807) is 0 Å². The lowest BCUT2D eigenvalue weighted by molar-refractivity contribution is 1.12. The van der Waals surface area contributed by atoms with Gasteiger partial charge in [0.05, 0.1) is 0 Å². The van der Waals surface area contributed by atoms with E-state index in [0.29, 0.717) is 5.25 Å². The van der Waals surface area contributed by atoms with Crippen LogP contribution >= 0.6 is 23.5 Å². The van der Waals surface area contributed by atoms with Gasteiger partial charge in [0.15, 0.2) is 0 Å². The number of hydrogen-bond acceptors (Lipinski definition) is 2. The molecule has 0 saturated carbocycles. The van der Waals surface area contributed by atoms with E-state index in [-0.39, 0.29) is 0 Å². The van der Waals surface area contributed by atoms with Crippen LogP contribution in [-0.4, -0.2) is 16.8 Å². The first-order chi connectivity index (χ1) is 7.45. The Balaban J connectivity index is 1.50. The number of rotatable bonds is 6. The molecule has 0 heterocycles. The predicted molar refractivity (Wildman–Crippen MR) is 73.4 cm³/mol. The van der Waals surface area contributed by atoms with Crippen LogP contribution in [0.3, 0.4) is 0 Å². The SMILES string of the molecule is C1=CC(SCCCSC2=CCC=C2)C=C1. The highest BCUT2D eigenvalue weighted by Gasteiger charge is 2.03. The predicted octanol–water partition coefficient (Wildman–Crippen LogP) is 4.18. The first-order valence-electron chi connectivity index (χ1n) is 5.41. The number of thioether (sulfide) groups is 2. The van der Waals surface area contributed by atoms with Gasteiger partial charge in [-0.15, -0.1) is 11.8 Å². The van der Waals surface area contributed by atoms with Crippen molar-refractivity contribution in [1.82, 2.24) is 0 Å². The minimum atomic E-state index is 0.639. The molecule has 2 aliphatic rings. The topological polar surface area (TPSA) is 0 Å². The Morgan fingerprint density at radius 3 is 2.80 bits per heavy atom. The van der Waals surface area contributed by atoms with Gasteiger partial charge in [-0.25, -0.2) is 0 Å². The van der Waals surface area contributed by atoms with E-state index in [9.17, 15) is 0 Å². The van der Waals surface area contributed by atoms with Gasteiger partial charge in [0.1, 0.15) is 0 Å². The third-order valence-electron chi connectivity index (χ3n) is 2.32. The summed E-state index contributed by atoms with van der Waals surface area (Å²) >= 11 is 4.03. The van der Waals surface area contributed by atoms with Crippen LogP contribution in [0.1, 0.15) is 12.8 Å². The van der Waals surface area contributed by atoms with Gasteiger partial charge in [0.2, 0.25) is 0 Å². The largest absolute Gasteiger partial charge is 0.150 e. The molecule has 0 radical (unpaired) electrons. The molecule has 0 unspecified atom stereocenters. The van der Waals surface area contributed by atoms with Crippen molar-refractivity contribution >= 4 is 23.5 Å². The van der Waals surface area contributed by atoms with Crippen molar-refractivity contribution in [3.05, 3.63) is 47.4 Å². The standard InChI is InChI=1S/C13H16S2/c1-2-7-12(6-1)14-10-5-11-15-13-8-3-4-9-13/h1-3,6-9,12H,4-5,10-11H2. The van der Waals surface area contributed by atoms with Crippen LogP contribution in [0, 0.1) is 0 Å². The summed E-state index contributed by atoms with van der Waals surface area (Å²) in [5, 5.41) is 0.639. The molecule has 0 fully saturated rings. The van der Waals surface area contributed by atoms with Gasteiger partial charge in [-0.2, -0.15) is 11.8 Å². The highest BCUT2D eigenvalue weighted by Crippen LogP contribution is 2.25. The zero-order valence-electron chi connectivity index (χ0n) is 8.76. The van der Waals surface area contributed by atoms with Gasteiger partial charge >= 0.3 is 0 Å². The summed E-state index contributed by atoms with van der Waals surface area (Å²) in [6.45, 7) is 0. The summed E-state index contributed by atoms with van der Waals surface area (Å²) in [6, 6.07) is 0. The molecule has 0 atom stereocenters. The van der Waals surface area contributed by atoms with E-state index in [1.807, 2.05) is 23.5 Å². The smallest absolute Gasteiger partial charge is 0.0413 e. The van der Waals surface area contributed by atoms with Crippen molar-refractivity contribution < 1.29 is 0 Å². The van der Waals surface area contributed by atoms with E-state index < -0.39 is 0 Å². The van der Waals surface area contributed by atoms with Crippen LogP contribution in [0.5, 0.6) is 0 Å². The fourth-order valence-corrected chi connectivity index (χ4v) is 3.63. The maximum absolute atomic E-state index is 2.31. The monoisotopic (exact) mass is 236 g/mol. The molecule has 0 amide bonds. The maximum atomic E-state index is 2.31. The molecule has 2 rings (SSSR count). The molecule has 2 heteroatoms. The molecule has 0 bridgehead atoms. The van der Waals surface area contributed by atoms with Crippen LogP contribution < -0.4 is 0 Å². The molecular formula is C13H16S2. The second-order valence-corrected chi connectivity index (χ2v) is 6.01. The highest BCUT2D eigenvalue weighted by atomic mass is 32.2. The Morgan fingerprint density at radius 2 is 2.07 bits per heavy atom. The quantitative estimate of drug-likeness (QED) is 0.634. The van der Waals surface area contributed by atoms with Crippen molar-refractivity contribution in [3.63, 3.8) is 0 Å². The number of allylic oxidation sites excluding steroid dienone is 5. The first kappa shape index (κ1) is 11.2. The van der Waals surface area contributed by atoms with Gasteiger partial charge in [-0.1, -0.05) is 42.5 Å². The van der Waals surface area contributed by atoms with Gasteiger partial charge in [-0.3, -0.25) is 0 Å². The second-order valence-electron chi connectivity index (χ2n) is 3.55. The van der Waals surface area contributed by atoms with Crippen molar-refractivity contribution in [2.45, 2.75) is 18.1 Å². The van der Waals surface area contributed by atoms with Crippen molar-refractivity contribution in [1.29, 1.82) is 0 Å². The molecule has 0 aromatic rings. The van der Waals surface area contributed by atoms with Crippen LogP contribution in [0.25, 0.3) is 0 Å². The molecule has 0 aromatic heterocycles. The van der Waals surface area contributed by atoms with Gasteiger partial charge < -0.3 is 0 Å². The Bertz CT molecular complexity index is 298. The lowest BCUT2D eigenvalue weighted by Crippen LogP contribution is -1.93. The zero-order valence-corrected chi connectivity index (χ0v) is 10.4. The molecule has 0 spiro atoms. The van der Waals surface area contributed by atoms with Crippen molar-refractivity contribution in [3.8, 4) is 0 Å². The molecule has 0 N–H and O–H groups in total. The Morgan fingerprint density at radius 1 is 1.20 bits per heavy atom. The van der Waals surface area contributed by atoms with Crippen molar-refractivity contribution in [2.75, 3.05) is 11.5 Å². The molecule has 2 aliphatic carbocycles. The number of hydrogen-bond donors (Lipinski definition) is 0. The summed E-state index contributed by atoms with van der Waals surface area (Å²) < 4.78 is 0. The minimum absolute atomic E-state index is 0.639. The fourth-order valence-electron chi connectivity index (χ4n) is 1.53. The summed E-state index contributed by atoms with van der Waals surface area (Å²) in [7, 11) is 0. The first-order valence-corrected chi connectivity index (χ1v) is 7.45. The zero-order chi connectivity index (χ0) is 10.3. The normalized spacial score (nSPS) is 19.1. The van der Waals surface area contributed by atoms with Gasteiger partial charge in [0.25, 0.3) is 0 Å². The molecule has 15 heavy (non-hydrogen) atoms. The maximum Gasteiger partial charge on any atom is 0.0413 e. The highest BCUT2D eigenvalue weighted by molar-refractivity contribution is 8.03. The average Bonchev–Trinajstić information content (AvgIpc) is 2.88. The Kier molecular flexibility index (Phi) is 4.68. The van der Waals surface area contributed by atoms with Crippen LogP contribution in [-0.2, 0) is 0 Å². The molecular weight excluding hydrogens is 220 g/mol. The Hall–Kier alpha value is -0.340. The molecule has 0 saturated heterocycles. The summed E-state index contributed by atoms with van der Waals surface area (Å²) in [5.41, 5.74) is 0. The lowest BCUT2D eigenvalue weighted by Gasteiger charge is -2.04. The van der Waals surface area contributed by atoms with E-state index in [2.05, 4.69) is 42.5 Å². The van der Waals surface area contributed by atoms with Crippen LogP contribution in [0.15, 0.2) is 47.4 Å². The van der Waals surface area contributed by atoms with Crippen LogP contribution in [0.4, 0.5) is 0 Å². The van der Waals surface area contributed by atoms with Crippen molar-refractivity contribution in [2.24, 2.45) is 0 Å². The minimum Gasteiger partial charge on any atom is -0.150 e. The molecule has 0 nitrogen and oxygen atoms in total.